The van der Waals surface area contributed by atoms with E-state index >= 15 is 0 Å². The molecule has 0 atom stereocenters. The number of hydrogen-bond donors (Lipinski definition) is 2. The molecule has 1 amide bonds. The van der Waals surface area contributed by atoms with Crippen LogP contribution in [-0.4, -0.2) is 48.5 Å². The molecule has 0 aromatic heterocycles. The second kappa shape index (κ2) is 6.40. The van der Waals surface area contributed by atoms with Crippen LogP contribution in [0.4, 0.5) is 15.8 Å². The molecule has 2 N–H and O–H groups in total. The summed E-state index contributed by atoms with van der Waals surface area (Å²) >= 11 is 0. The van der Waals surface area contributed by atoms with Crippen molar-refractivity contribution in [3.8, 4) is 0 Å². The molecule has 0 aliphatic carbocycles. The Morgan fingerprint density at radius 3 is 2.80 bits per heavy atom. The van der Waals surface area contributed by atoms with Crippen LogP contribution in [0.5, 0.6) is 0 Å². The van der Waals surface area contributed by atoms with Gasteiger partial charge in [-0.15, -0.1) is 0 Å². The predicted molar refractivity (Wildman–Crippen MR) is 71.0 cm³/mol. The lowest BCUT2D eigenvalue weighted by Gasteiger charge is -2.26. The van der Waals surface area contributed by atoms with Crippen molar-refractivity contribution in [1.29, 1.82) is 0 Å². The van der Waals surface area contributed by atoms with E-state index in [1.165, 1.54) is 0 Å². The third-order valence-electron chi connectivity index (χ3n) is 3.01. The number of hydrogen-bond acceptors (Lipinski definition) is 5. The number of halogens is 1. The summed E-state index contributed by atoms with van der Waals surface area (Å²) in [7, 11) is 0. The Bertz CT molecular complexity index is 517. The van der Waals surface area contributed by atoms with Crippen molar-refractivity contribution in [2.75, 3.05) is 38.0 Å². The number of nitrogens with zero attached hydrogens (tertiary/aromatic N) is 2. The van der Waals surface area contributed by atoms with Crippen LogP contribution in [0.2, 0.25) is 0 Å². The van der Waals surface area contributed by atoms with Crippen LogP contribution >= 0.6 is 0 Å². The summed E-state index contributed by atoms with van der Waals surface area (Å²) in [5.74, 6) is -1.07. The smallest absolute Gasteiger partial charge is 0.271 e. The van der Waals surface area contributed by atoms with Gasteiger partial charge in [0.25, 0.3) is 5.69 Å². The van der Waals surface area contributed by atoms with E-state index < -0.39 is 10.7 Å². The van der Waals surface area contributed by atoms with E-state index in [-0.39, 0.29) is 23.8 Å². The van der Waals surface area contributed by atoms with Crippen molar-refractivity contribution in [2.24, 2.45) is 0 Å². The van der Waals surface area contributed by atoms with Crippen molar-refractivity contribution < 1.29 is 14.1 Å². The number of anilines is 1. The Balaban J connectivity index is 1.99. The minimum atomic E-state index is -0.690. The van der Waals surface area contributed by atoms with Gasteiger partial charge in [0, 0.05) is 38.3 Å². The van der Waals surface area contributed by atoms with Crippen molar-refractivity contribution >= 4 is 17.3 Å². The normalized spacial score (nSPS) is 15.8. The Morgan fingerprint density at radius 2 is 2.15 bits per heavy atom. The molecule has 1 heterocycles. The Morgan fingerprint density at radius 1 is 1.45 bits per heavy atom. The zero-order valence-electron chi connectivity index (χ0n) is 10.8. The van der Waals surface area contributed by atoms with E-state index in [0.717, 1.165) is 44.4 Å². The lowest BCUT2D eigenvalue weighted by Crippen LogP contribution is -2.46. The van der Waals surface area contributed by atoms with Crippen LogP contribution < -0.4 is 10.6 Å². The van der Waals surface area contributed by atoms with Gasteiger partial charge in [0.2, 0.25) is 5.91 Å². The molecular weight excluding hydrogens is 267 g/mol. The zero-order chi connectivity index (χ0) is 14.5. The minimum absolute atomic E-state index is 0.143. The fraction of sp³-hybridized carbons (Fsp3) is 0.417. The number of piperazine rings is 1. The molecule has 2 rings (SSSR count). The van der Waals surface area contributed by atoms with E-state index in [2.05, 4.69) is 10.6 Å². The van der Waals surface area contributed by atoms with E-state index in [1.807, 2.05) is 4.90 Å². The van der Waals surface area contributed by atoms with Gasteiger partial charge in [-0.3, -0.25) is 19.8 Å². The Kier molecular flexibility index (Phi) is 4.59. The van der Waals surface area contributed by atoms with E-state index in [4.69, 9.17) is 0 Å². The molecule has 20 heavy (non-hydrogen) atoms. The highest BCUT2D eigenvalue weighted by molar-refractivity contribution is 5.92. The summed E-state index contributed by atoms with van der Waals surface area (Å²) in [5, 5.41) is 16.2. The SMILES string of the molecule is O=C(CN1CCNCC1)Nc1cc([N+](=O)[O-])ccc1F. The molecule has 108 valence electrons. The molecular formula is C12H15FN4O3. The van der Waals surface area contributed by atoms with Crippen LogP contribution in [0.25, 0.3) is 0 Å². The van der Waals surface area contributed by atoms with E-state index in [1.54, 1.807) is 0 Å². The van der Waals surface area contributed by atoms with Gasteiger partial charge in [0.1, 0.15) is 5.82 Å². The number of nitrogens with one attached hydrogen (secondary N) is 2. The maximum atomic E-state index is 13.5. The van der Waals surface area contributed by atoms with Gasteiger partial charge in [-0.1, -0.05) is 0 Å². The molecule has 0 bridgehead atoms. The molecule has 1 aliphatic heterocycles. The molecule has 1 aromatic rings. The van der Waals surface area contributed by atoms with Gasteiger partial charge in [-0.05, 0) is 6.07 Å². The van der Waals surface area contributed by atoms with Gasteiger partial charge in [0.15, 0.2) is 0 Å². The highest BCUT2D eigenvalue weighted by Gasteiger charge is 2.16. The summed E-state index contributed by atoms with van der Waals surface area (Å²) in [6, 6.07) is 3.05. The zero-order valence-corrected chi connectivity index (χ0v) is 10.8. The Hall–Kier alpha value is -2.06. The fourth-order valence-electron chi connectivity index (χ4n) is 1.98. The number of carbonyl (C=O) groups is 1. The average molecular weight is 282 g/mol. The van der Waals surface area contributed by atoms with Crippen molar-refractivity contribution in [3.05, 3.63) is 34.1 Å². The number of nitro groups is 1. The third-order valence-corrected chi connectivity index (χ3v) is 3.01. The van der Waals surface area contributed by atoms with Crippen LogP contribution in [0.15, 0.2) is 18.2 Å². The van der Waals surface area contributed by atoms with Crippen LogP contribution in [0.1, 0.15) is 0 Å². The molecule has 7 nitrogen and oxygen atoms in total. The first-order chi connectivity index (χ1) is 9.56. The number of non-ortho nitro benzene ring substituents is 1. The monoisotopic (exact) mass is 282 g/mol. The first kappa shape index (κ1) is 14.4. The molecule has 0 unspecified atom stereocenters. The van der Waals surface area contributed by atoms with Crippen molar-refractivity contribution in [1.82, 2.24) is 10.2 Å². The van der Waals surface area contributed by atoms with Crippen molar-refractivity contribution in [2.45, 2.75) is 0 Å². The summed E-state index contributed by atoms with van der Waals surface area (Å²) in [5.41, 5.74) is -0.428. The molecule has 1 aliphatic rings. The van der Waals surface area contributed by atoms with Gasteiger partial charge in [-0.25, -0.2) is 4.39 Å². The number of rotatable bonds is 4. The fourth-order valence-corrected chi connectivity index (χ4v) is 1.98. The van der Waals surface area contributed by atoms with Crippen molar-refractivity contribution in [3.63, 3.8) is 0 Å². The molecule has 0 radical (unpaired) electrons. The summed E-state index contributed by atoms with van der Waals surface area (Å²) in [6.45, 7) is 3.23. The third kappa shape index (κ3) is 3.72. The van der Waals surface area contributed by atoms with Crippen LogP contribution in [-0.2, 0) is 4.79 Å². The average Bonchev–Trinajstić information content (AvgIpc) is 2.42. The summed E-state index contributed by atoms with van der Waals surface area (Å²) < 4.78 is 13.5. The first-order valence-corrected chi connectivity index (χ1v) is 6.23. The number of amides is 1. The molecule has 0 saturated carbocycles. The molecule has 1 fully saturated rings. The quantitative estimate of drug-likeness (QED) is 0.623. The van der Waals surface area contributed by atoms with Crippen LogP contribution in [0.3, 0.4) is 0 Å². The minimum Gasteiger partial charge on any atom is -0.322 e. The maximum Gasteiger partial charge on any atom is 0.271 e. The lowest BCUT2D eigenvalue weighted by atomic mass is 10.2. The van der Waals surface area contributed by atoms with Gasteiger partial charge in [-0.2, -0.15) is 0 Å². The van der Waals surface area contributed by atoms with Gasteiger partial charge in [0.05, 0.1) is 17.2 Å². The second-order valence-corrected chi connectivity index (χ2v) is 4.50. The lowest BCUT2D eigenvalue weighted by molar-refractivity contribution is -0.384. The predicted octanol–water partition coefficient (Wildman–Crippen LogP) is 0.578. The molecule has 1 saturated heterocycles. The largest absolute Gasteiger partial charge is 0.322 e. The second-order valence-electron chi connectivity index (χ2n) is 4.50. The van der Waals surface area contributed by atoms with Gasteiger partial charge >= 0.3 is 0 Å². The maximum absolute atomic E-state index is 13.5. The standard InChI is InChI=1S/C12H15FN4O3/c13-10-2-1-9(17(19)20)7-11(10)15-12(18)8-16-5-3-14-4-6-16/h1-2,7,14H,3-6,8H2,(H,15,18). The number of benzene rings is 1. The van der Waals surface area contributed by atoms with Crippen LogP contribution in [0, 0.1) is 15.9 Å². The summed E-state index contributed by atoms with van der Waals surface area (Å²) in [6.07, 6.45) is 0. The molecule has 0 spiro atoms. The van der Waals surface area contributed by atoms with Gasteiger partial charge < -0.3 is 10.6 Å². The molecule has 1 aromatic carbocycles. The molecule has 8 heteroatoms. The summed E-state index contributed by atoms with van der Waals surface area (Å²) in [4.78, 5) is 23.7. The highest BCUT2D eigenvalue weighted by Crippen LogP contribution is 2.21. The number of nitro benzene ring substituents is 1. The topological polar surface area (TPSA) is 87.5 Å². The highest BCUT2D eigenvalue weighted by atomic mass is 19.1. The van der Waals surface area contributed by atoms with E-state index in [9.17, 15) is 19.3 Å². The number of carbonyl (C=O) groups excluding carboxylic acids is 1. The Labute approximate surface area is 114 Å². The first-order valence-electron chi connectivity index (χ1n) is 6.23. The van der Waals surface area contributed by atoms with E-state index in [0.29, 0.717) is 0 Å².